The molecule has 34 heavy (non-hydrogen) atoms. The second-order valence-corrected chi connectivity index (χ2v) is 7.32. The predicted octanol–water partition coefficient (Wildman–Crippen LogP) is 2.84. The van der Waals surface area contributed by atoms with Crippen molar-refractivity contribution in [3.05, 3.63) is 101 Å². The van der Waals surface area contributed by atoms with Gasteiger partial charge in [-0.25, -0.2) is 9.18 Å². The van der Waals surface area contributed by atoms with Crippen LogP contribution in [0.15, 0.2) is 67.1 Å². The number of benzene rings is 2. The van der Waals surface area contributed by atoms with E-state index in [-0.39, 0.29) is 27.8 Å². The third kappa shape index (κ3) is 4.65. The van der Waals surface area contributed by atoms with Crippen molar-refractivity contribution in [1.29, 1.82) is 0 Å². The number of rotatable bonds is 5. The number of aromatic nitrogens is 2. The molecule has 0 unspecified atom stereocenters. The van der Waals surface area contributed by atoms with Crippen molar-refractivity contribution in [3.8, 4) is 5.75 Å². The van der Waals surface area contributed by atoms with Crippen molar-refractivity contribution in [2.45, 2.75) is 6.42 Å². The number of carboxylic acids is 1. The van der Waals surface area contributed by atoms with Crippen molar-refractivity contribution >= 4 is 28.7 Å². The summed E-state index contributed by atoms with van der Waals surface area (Å²) in [6.45, 7) is 0. The Morgan fingerprint density at radius 1 is 0.912 bits per heavy atom. The Hall–Kier alpha value is -4.86. The minimum absolute atomic E-state index is 0.0912. The van der Waals surface area contributed by atoms with Gasteiger partial charge in [0.05, 0.1) is 11.1 Å². The third-order valence-electron chi connectivity index (χ3n) is 5.01. The molecule has 170 valence electrons. The van der Waals surface area contributed by atoms with Gasteiger partial charge >= 0.3 is 5.97 Å². The largest absolute Gasteiger partial charge is 0.505 e. The molecule has 0 bridgehead atoms. The number of phenols is 1. The van der Waals surface area contributed by atoms with Gasteiger partial charge in [0.2, 0.25) is 0 Å². The Morgan fingerprint density at radius 3 is 2.32 bits per heavy atom. The van der Waals surface area contributed by atoms with Crippen LogP contribution in [0.25, 0.3) is 10.9 Å². The van der Waals surface area contributed by atoms with Gasteiger partial charge in [-0.3, -0.25) is 30.4 Å². The normalized spacial score (nSPS) is 10.6. The van der Waals surface area contributed by atoms with Gasteiger partial charge in [-0.2, -0.15) is 0 Å². The van der Waals surface area contributed by atoms with E-state index in [2.05, 4.69) is 20.8 Å². The summed E-state index contributed by atoms with van der Waals surface area (Å²) in [6.07, 6.45) is 4.58. The molecule has 10 heteroatoms. The van der Waals surface area contributed by atoms with E-state index in [0.29, 0.717) is 12.0 Å². The van der Waals surface area contributed by atoms with Crippen molar-refractivity contribution in [2.75, 3.05) is 0 Å². The molecule has 2 aromatic carbocycles. The number of nitrogens with zero attached hydrogens (tertiary/aromatic N) is 2. The minimum atomic E-state index is -1.45. The lowest BCUT2D eigenvalue weighted by Crippen LogP contribution is -2.41. The summed E-state index contributed by atoms with van der Waals surface area (Å²) in [5.74, 6) is -3.86. The number of halogens is 1. The minimum Gasteiger partial charge on any atom is -0.505 e. The van der Waals surface area contributed by atoms with E-state index in [4.69, 9.17) is 0 Å². The standard InChI is InChI=1S/C24H17FN4O5/c25-16-5-3-13(4-6-16)8-14-9-17-18(10-19(24(33)34)21(30)20(17)27-11-14)23(32)29-28-22(31)15-2-1-7-26-12-15/h1-7,9-12,30H,8H2,(H,28,31)(H,29,32)(H,33,34). The van der Waals surface area contributed by atoms with Gasteiger partial charge in [0.1, 0.15) is 16.9 Å². The Labute approximate surface area is 191 Å². The first-order valence-corrected chi connectivity index (χ1v) is 9.96. The number of hydrogen-bond acceptors (Lipinski definition) is 6. The number of hydrazine groups is 1. The molecule has 2 amide bonds. The molecule has 9 nitrogen and oxygen atoms in total. The van der Waals surface area contributed by atoms with Crippen LogP contribution in [0.1, 0.15) is 42.2 Å². The molecule has 0 atom stereocenters. The fourth-order valence-electron chi connectivity index (χ4n) is 3.36. The van der Waals surface area contributed by atoms with Gasteiger partial charge < -0.3 is 10.2 Å². The van der Waals surface area contributed by atoms with Crippen LogP contribution in [0.3, 0.4) is 0 Å². The van der Waals surface area contributed by atoms with Crippen molar-refractivity contribution in [1.82, 2.24) is 20.8 Å². The van der Waals surface area contributed by atoms with Gasteiger partial charge in [-0.15, -0.1) is 0 Å². The first-order valence-electron chi connectivity index (χ1n) is 9.96. The zero-order valence-electron chi connectivity index (χ0n) is 17.4. The number of pyridine rings is 2. The number of aromatic hydroxyl groups is 1. The molecule has 0 spiro atoms. The van der Waals surface area contributed by atoms with Crippen LogP contribution in [-0.2, 0) is 6.42 Å². The number of hydrogen-bond donors (Lipinski definition) is 4. The van der Waals surface area contributed by atoms with Gasteiger partial charge in [0.25, 0.3) is 11.8 Å². The molecule has 4 aromatic rings. The number of amides is 2. The number of carboxylic acid groups (broad SMARTS) is 1. The Kier molecular flexibility index (Phi) is 6.13. The highest BCUT2D eigenvalue weighted by molar-refractivity contribution is 6.12. The summed E-state index contributed by atoms with van der Waals surface area (Å²) >= 11 is 0. The SMILES string of the molecule is O=C(NNC(=O)c1cc(C(=O)O)c(O)c2ncc(Cc3ccc(F)cc3)cc12)c1cccnc1. The molecule has 0 radical (unpaired) electrons. The third-order valence-corrected chi connectivity index (χ3v) is 5.01. The summed E-state index contributed by atoms with van der Waals surface area (Å²) in [5, 5.41) is 20.0. The molecule has 0 aliphatic carbocycles. The second-order valence-electron chi connectivity index (χ2n) is 7.32. The molecular weight excluding hydrogens is 443 g/mol. The zero-order chi connectivity index (χ0) is 24.2. The van der Waals surface area contributed by atoms with Gasteiger partial charge in [0.15, 0.2) is 5.75 Å². The van der Waals surface area contributed by atoms with Crippen LogP contribution in [0.4, 0.5) is 4.39 Å². The summed E-state index contributed by atoms with van der Waals surface area (Å²) in [5.41, 5.74) is 5.37. The van der Waals surface area contributed by atoms with E-state index in [9.17, 15) is 29.0 Å². The molecule has 2 heterocycles. The lowest BCUT2D eigenvalue weighted by molar-refractivity contribution is 0.0693. The van der Waals surface area contributed by atoms with E-state index in [1.165, 1.54) is 36.8 Å². The molecular formula is C24H17FN4O5. The number of carbonyl (C=O) groups is 3. The van der Waals surface area contributed by atoms with Gasteiger partial charge in [-0.1, -0.05) is 12.1 Å². The summed E-state index contributed by atoms with van der Waals surface area (Å²) in [7, 11) is 0. The zero-order valence-corrected chi connectivity index (χ0v) is 17.4. The van der Waals surface area contributed by atoms with E-state index >= 15 is 0 Å². The highest BCUT2D eigenvalue weighted by atomic mass is 19.1. The van der Waals surface area contributed by atoms with Crippen molar-refractivity contribution in [2.24, 2.45) is 0 Å². The van der Waals surface area contributed by atoms with E-state index in [0.717, 1.165) is 11.6 Å². The highest BCUT2D eigenvalue weighted by Crippen LogP contribution is 2.31. The average Bonchev–Trinajstić information content (AvgIpc) is 2.84. The predicted molar refractivity (Wildman–Crippen MR) is 119 cm³/mol. The van der Waals surface area contributed by atoms with Crippen LogP contribution in [-0.4, -0.2) is 38.0 Å². The van der Waals surface area contributed by atoms with Gasteiger partial charge in [-0.05, 0) is 53.9 Å². The van der Waals surface area contributed by atoms with Crippen molar-refractivity contribution in [3.63, 3.8) is 0 Å². The molecule has 0 aliphatic rings. The van der Waals surface area contributed by atoms with Gasteiger partial charge in [0, 0.05) is 24.0 Å². The second kappa shape index (κ2) is 9.33. The van der Waals surface area contributed by atoms with Crippen LogP contribution >= 0.6 is 0 Å². The van der Waals surface area contributed by atoms with E-state index in [1.807, 2.05) is 0 Å². The monoisotopic (exact) mass is 460 g/mol. The molecule has 4 rings (SSSR count). The maximum Gasteiger partial charge on any atom is 0.339 e. The average molecular weight is 460 g/mol. The summed E-state index contributed by atoms with van der Waals surface area (Å²) in [4.78, 5) is 44.7. The number of carbonyl (C=O) groups excluding carboxylic acids is 2. The maximum atomic E-state index is 13.2. The highest BCUT2D eigenvalue weighted by Gasteiger charge is 2.22. The first-order chi connectivity index (χ1) is 16.3. The Bertz CT molecular complexity index is 1410. The summed E-state index contributed by atoms with van der Waals surface area (Å²) in [6, 6.07) is 11.5. The number of nitrogens with one attached hydrogen (secondary N) is 2. The summed E-state index contributed by atoms with van der Waals surface area (Å²) < 4.78 is 13.2. The molecule has 0 aliphatic heterocycles. The molecule has 2 aromatic heterocycles. The lowest BCUT2D eigenvalue weighted by atomic mass is 9.99. The van der Waals surface area contributed by atoms with Crippen LogP contribution < -0.4 is 10.9 Å². The smallest absolute Gasteiger partial charge is 0.339 e. The number of fused-ring (bicyclic) bond motifs is 1. The Morgan fingerprint density at radius 2 is 1.65 bits per heavy atom. The topological polar surface area (TPSA) is 142 Å². The molecule has 4 N–H and O–H groups in total. The lowest BCUT2D eigenvalue weighted by Gasteiger charge is -2.13. The van der Waals surface area contributed by atoms with Crippen molar-refractivity contribution < 1.29 is 29.0 Å². The first kappa shape index (κ1) is 22.3. The molecule has 0 saturated carbocycles. The fraction of sp³-hybridized carbons (Fsp3) is 0.0417. The maximum absolute atomic E-state index is 13.2. The Balaban J connectivity index is 1.69. The van der Waals surface area contributed by atoms with Crippen LogP contribution in [0.5, 0.6) is 5.75 Å². The quantitative estimate of drug-likeness (QED) is 0.336. The molecule has 0 saturated heterocycles. The van der Waals surface area contributed by atoms with E-state index < -0.39 is 29.1 Å². The fourth-order valence-corrected chi connectivity index (χ4v) is 3.36. The van der Waals surface area contributed by atoms with Crippen LogP contribution in [0.2, 0.25) is 0 Å². The number of aromatic carboxylic acids is 1. The van der Waals surface area contributed by atoms with E-state index in [1.54, 1.807) is 24.3 Å². The molecule has 0 fully saturated rings. The van der Waals surface area contributed by atoms with Crippen LogP contribution in [0, 0.1) is 5.82 Å².